The molecule has 0 amide bonds. The Morgan fingerprint density at radius 2 is 1.60 bits per heavy atom. The molecule has 5 nitrogen and oxygen atoms in total. The number of furan rings is 1. The topological polar surface area (TPSA) is 57.9 Å². The predicted octanol–water partition coefficient (Wildman–Crippen LogP) is 4.31. The molecular formula is C20H20O5. The number of para-hydroxylation sites is 1. The smallest absolute Gasteiger partial charge is 0.200 e. The molecule has 1 aromatic heterocycles. The largest absolute Gasteiger partial charge is 0.496 e. The van der Waals surface area contributed by atoms with Gasteiger partial charge in [-0.05, 0) is 32.0 Å². The number of aryl methyl sites for hydroxylation is 2. The van der Waals surface area contributed by atoms with Gasteiger partial charge in [0.1, 0.15) is 17.3 Å². The minimum absolute atomic E-state index is 0.221. The quantitative estimate of drug-likeness (QED) is 0.648. The lowest BCUT2D eigenvalue weighted by atomic mass is 9.99. The molecular weight excluding hydrogens is 320 g/mol. The zero-order chi connectivity index (χ0) is 18.1. The number of carbonyl (C=O) groups is 1. The van der Waals surface area contributed by atoms with E-state index in [9.17, 15) is 4.79 Å². The fourth-order valence-corrected chi connectivity index (χ4v) is 2.98. The molecule has 0 N–H and O–H groups in total. The number of hydrogen-bond donors (Lipinski definition) is 0. The Labute approximate surface area is 146 Å². The number of benzene rings is 2. The average Bonchev–Trinajstić information content (AvgIpc) is 2.94. The van der Waals surface area contributed by atoms with E-state index in [2.05, 4.69) is 0 Å². The van der Waals surface area contributed by atoms with Crippen molar-refractivity contribution >= 4 is 16.8 Å². The van der Waals surface area contributed by atoms with E-state index >= 15 is 0 Å². The van der Waals surface area contributed by atoms with Crippen LogP contribution in [0.2, 0.25) is 0 Å². The van der Waals surface area contributed by atoms with Crippen molar-refractivity contribution in [3.8, 4) is 17.2 Å². The van der Waals surface area contributed by atoms with Gasteiger partial charge >= 0.3 is 0 Å². The molecule has 3 rings (SSSR count). The van der Waals surface area contributed by atoms with Crippen molar-refractivity contribution < 1.29 is 23.4 Å². The summed E-state index contributed by atoms with van der Waals surface area (Å²) in [5, 5.41) is 0.813. The number of methoxy groups -OCH3 is 3. The number of carbonyl (C=O) groups excluding carboxylic acids is 1. The summed E-state index contributed by atoms with van der Waals surface area (Å²) in [6.07, 6.45) is 0. The van der Waals surface area contributed by atoms with Crippen LogP contribution in [0.4, 0.5) is 0 Å². The van der Waals surface area contributed by atoms with Crippen LogP contribution in [0.3, 0.4) is 0 Å². The Balaban J connectivity index is 2.31. The van der Waals surface area contributed by atoms with Gasteiger partial charge < -0.3 is 18.6 Å². The van der Waals surface area contributed by atoms with Crippen LogP contribution in [0.15, 0.2) is 34.7 Å². The molecule has 5 heteroatoms. The first-order valence-electron chi connectivity index (χ1n) is 7.85. The van der Waals surface area contributed by atoms with Gasteiger partial charge in [0.05, 0.1) is 37.8 Å². The van der Waals surface area contributed by atoms with E-state index in [0.29, 0.717) is 34.0 Å². The molecule has 0 saturated heterocycles. The average molecular weight is 340 g/mol. The molecule has 0 atom stereocenters. The molecule has 0 radical (unpaired) electrons. The van der Waals surface area contributed by atoms with E-state index in [1.807, 2.05) is 19.9 Å². The van der Waals surface area contributed by atoms with Gasteiger partial charge in [0.25, 0.3) is 0 Å². The first kappa shape index (κ1) is 16.9. The van der Waals surface area contributed by atoms with Crippen LogP contribution in [-0.4, -0.2) is 27.1 Å². The molecule has 0 saturated carbocycles. The first-order valence-corrected chi connectivity index (χ1v) is 7.85. The SMILES string of the molecule is COc1ccccc1C(=O)c1cc(OC)c2c(C)c(C)oc2c1OC. The summed E-state index contributed by atoms with van der Waals surface area (Å²) in [6.45, 7) is 3.82. The summed E-state index contributed by atoms with van der Waals surface area (Å²) < 4.78 is 22.2. The van der Waals surface area contributed by atoms with Crippen LogP contribution >= 0.6 is 0 Å². The second-order valence-electron chi connectivity index (χ2n) is 5.68. The highest BCUT2D eigenvalue weighted by molar-refractivity contribution is 6.15. The van der Waals surface area contributed by atoms with Gasteiger partial charge in [-0.15, -0.1) is 0 Å². The second-order valence-corrected chi connectivity index (χ2v) is 5.68. The standard InChI is InChI=1S/C20H20O5/c1-11-12(2)25-20-17(11)16(23-4)10-14(19(20)24-5)18(21)13-8-6-7-9-15(13)22-3/h6-10H,1-5H3. The van der Waals surface area contributed by atoms with Crippen LogP contribution in [0, 0.1) is 13.8 Å². The summed E-state index contributed by atoms with van der Waals surface area (Å²) in [7, 11) is 4.63. The minimum atomic E-state index is -0.221. The second kappa shape index (κ2) is 6.51. The van der Waals surface area contributed by atoms with E-state index in [4.69, 9.17) is 18.6 Å². The molecule has 0 spiro atoms. The lowest BCUT2D eigenvalue weighted by molar-refractivity contribution is 0.103. The summed E-state index contributed by atoms with van der Waals surface area (Å²) in [4.78, 5) is 13.2. The maximum atomic E-state index is 13.2. The van der Waals surface area contributed by atoms with E-state index in [1.54, 1.807) is 31.4 Å². The zero-order valence-corrected chi connectivity index (χ0v) is 14.9. The fraction of sp³-hybridized carbons (Fsp3) is 0.250. The maximum Gasteiger partial charge on any atom is 0.200 e. The third-order valence-electron chi connectivity index (χ3n) is 4.38. The molecule has 0 bridgehead atoms. The molecule has 130 valence electrons. The molecule has 2 aromatic carbocycles. The van der Waals surface area contributed by atoms with Crippen LogP contribution < -0.4 is 14.2 Å². The van der Waals surface area contributed by atoms with Crippen molar-refractivity contribution in [3.05, 3.63) is 52.8 Å². The Bertz CT molecular complexity index is 952. The van der Waals surface area contributed by atoms with Gasteiger partial charge in [0.15, 0.2) is 11.3 Å². The number of rotatable bonds is 5. The van der Waals surface area contributed by atoms with Gasteiger partial charge in [0.2, 0.25) is 5.78 Å². The Kier molecular flexibility index (Phi) is 4.40. The molecule has 0 aliphatic rings. The molecule has 0 unspecified atom stereocenters. The number of ketones is 1. The Morgan fingerprint density at radius 1 is 0.920 bits per heavy atom. The van der Waals surface area contributed by atoms with E-state index < -0.39 is 0 Å². The van der Waals surface area contributed by atoms with E-state index in [1.165, 1.54) is 14.2 Å². The van der Waals surface area contributed by atoms with E-state index in [-0.39, 0.29) is 5.78 Å². The minimum Gasteiger partial charge on any atom is -0.496 e. The number of ether oxygens (including phenoxy) is 3. The van der Waals surface area contributed by atoms with Crippen molar-refractivity contribution in [2.24, 2.45) is 0 Å². The third kappa shape index (κ3) is 2.61. The van der Waals surface area contributed by atoms with Gasteiger partial charge in [-0.3, -0.25) is 4.79 Å². The fourth-order valence-electron chi connectivity index (χ4n) is 2.98. The summed E-state index contributed by atoms with van der Waals surface area (Å²) in [5.74, 6) is 2.00. The first-order chi connectivity index (χ1) is 12.0. The Morgan fingerprint density at radius 3 is 2.24 bits per heavy atom. The van der Waals surface area contributed by atoms with Gasteiger partial charge in [-0.1, -0.05) is 12.1 Å². The molecule has 25 heavy (non-hydrogen) atoms. The molecule has 3 aromatic rings. The lowest BCUT2D eigenvalue weighted by Gasteiger charge is -2.13. The maximum absolute atomic E-state index is 13.2. The molecule has 0 aliphatic carbocycles. The van der Waals surface area contributed by atoms with Crippen molar-refractivity contribution in [2.75, 3.05) is 21.3 Å². The highest BCUT2D eigenvalue weighted by atomic mass is 16.5. The van der Waals surface area contributed by atoms with Crippen molar-refractivity contribution in [1.82, 2.24) is 0 Å². The molecule has 0 fully saturated rings. The molecule has 1 heterocycles. The Hall–Kier alpha value is -2.95. The van der Waals surface area contributed by atoms with Gasteiger partial charge in [-0.2, -0.15) is 0 Å². The van der Waals surface area contributed by atoms with Crippen molar-refractivity contribution in [3.63, 3.8) is 0 Å². The molecule has 0 aliphatic heterocycles. The van der Waals surface area contributed by atoms with Crippen molar-refractivity contribution in [2.45, 2.75) is 13.8 Å². The highest BCUT2D eigenvalue weighted by Crippen LogP contribution is 2.42. The summed E-state index contributed by atoms with van der Waals surface area (Å²) in [5.41, 5.74) is 2.28. The van der Waals surface area contributed by atoms with E-state index in [0.717, 1.165) is 16.7 Å². The third-order valence-corrected chi connectivity index (χ3v) is 4.38. The summed E-state index contributed by atoms with van der Waals surface area (Å²) in [6, 6.07) is 8.76. The van der Waals surface area contributed by atoms with Gasteiger partial charge in [0, 0.05) is 5.56 Å². The van der Waals surface area contributed by atoms with Crippen LogP contribution in [0.5, 0.6) is 17.2 Å². The van der Waals surface area contributed by atoms with Gasteiger partial charge in [-0.25, -0.2) is 0 Å². The summed E-state index contributed by atoms with van der Waals surface area (Å²) >= 11 is 0. The highest BCUT2D eigenvalue weighted by Gasteiger charge is 2.26. The van der Waals surface area contributed by atoms with Crippen LogP contribution in [0.1, 0.15) is 27.2 Å². The number of hydrogen-bond acceptors (Lipinski definition) is 5. The lowest BCUT2D eigenvalue weighted by Crippen LogP contribution is -2.07. The predicted molar refractivity (Wildman–Crippen MR) is 95.2 cm³/mol. The normalized spacial score (nSPS) is 10.8. The monoisotopic (exact) mass is 340 g/mol. The zero-order valence-electron chi connectivity index (χ0n) is 14.9. The van der Waals surface area contributed by atoms with Crippen LogP contribution in [-0.2, 0) is 0 Å². The van der Waals surface area contributed by atoms with Crippen LogP contribution in [0.25, 0.3) is 11.0 Å². The number of fused-ring (bicyclic) bond motifs is 1. The van der Waals surface area contributed by atoms with Crippen molar-refractivity contribution in [1.29, 1.82) is 0 Å².